The zero-order valence-corrected chi connectivity index (χ0v) is 13.1. The van der Waals surface area contributed by atoms with Crippen molar-refractivity contribution in [1.29, 1.82) is 0 Å². The van der Waals surface area contributed by atoms with Crippen molar-refractivity contribution in [1.82, 2.24) is 0 Å². The third-order valence-electron chi connectivity index (χ3n) is 2.12. The molecule has 0 amide bonds. The molecule has 0 fully saturated rings. The maximum Gasteiger partial charge on any atom is 0.276 e. The number of halogens is 2. The lowest BCUT2D eigenvalue weighted by atomic mass is 10.1. The SMILES string of the molecule is C[N+]1=C=C[NH+]=C(c2ccccc2I)C=C1.[I-]. The van der Waals surface area contributed by atoms with Gasteiger partial charge >= 0.3 is 0 Å². The minimum atomic E-state index is 0. The zero-order chi connectivity index (χ0) is 10.7. The largest absolute Gasteiger partial charge is 1.00 e. The summed E-state index contributed by atoms with van der Waals surface area (Å²) >= 11 is 2.34. The van der Waals surface area contributed by atoms with Gasteiger partial charge in [0.2, 0.25) is 11.6 Å². The Morgan fingerprint density at radius 3 is 2.81 bits per heavy atom. The van der Waals surface area contributed by atoms with Gasteiger partial charge < -0.3 is 24.0 Å². The number of allylic oxidation sites excluding steroid dienone is 1. The van der Waals surface area contributed by atoms with Crippen molar-refractivity contribution in [2.45, 2.75) is 0 Å². The predicted octanol–water partition coefficient (Wildman–Crippen LogP) is -2.48. The van der Waals surface area contributed by atoms with Crippen molar-refractivity contribution in [3.63, 3.8) is 0 Å². The molecule has 1 heterocycles. The van der Waals surface area contributed by atoms with Crippen molar-refractivity contribution in [2.75, 3.05) is 7.05 Å². The summed E-state index contributed by atoms with van der Waals surface area (Å²) in [5, 5.41) is 0. The highest BCUT2D eigenvalue weighted by Crippen LogP contribution is 2.11. The summed E-state index contributed by atoms with van der Waals surface area (Å²) in [6, 6.07) is 8.29. The van der Waals surface area contributed by atoms with Gasteiger partial charge in [0, 0.05) is 3.57 Å². The fraction of sp³-hybridized carbons (Fsp3) is 0.0833. The van der Waals surface area contributed by atoms with E-state index < -0.39 is 0 Å². The van der Waals surface area contributed by atoms with E-state index in [9.17, 15) is 0 Å². The second-order valence-corrected chi connectivity index (χ2v) is 4.40. The van der Waals surface area contributed by atoms with E-state index in [4.69, 9.17) is 0 Å². The molecule has 1 N–H and O–H groups in total. The van der Waals surface area contributed by atoms with Crippen LogP contribution in [0.25, 0.3) is 0 Å². The monoisotopic (exact) mass is 437 g/mol. The Kier molecular flexibility index (Phi) is 5.37. The first kappa shape index (κ1) is 13.6. The Balaban J connectivity index is 0.00000128. The van der Waals surface area contributed by atoms with Gasteiger partial charge in [-0.05, 0) is 34.7 Å². The smallest absolute Gasteiger partial charge is 0.276 e. The third-order valence-corrected chi connectivity index (χ3v) is 3.07. The summed E-state index contributed by atoms with van der Waals surface area (Å²) < 4.78 is 3.12. The van der Waals surface area contributed by atoms with Crippen molar-refractivity contribution in [2.24, 2.45) is 0 Å². The first-order valence-corrected chi connectivity index (χ1v) is 5.72. The Bertz CT molecular complexity index is 510. The molecule has 2 nitrogen and oxygen atoms in total. The van der Waals surface area contributed by atoms with Gasteiger partial charge in [-0.15, -0.1) is 0 Å². The van der Waals surface area contributed by atoms with E-state index in [0.29, 0.717) is 0 Å². The lowest BCUT2D eigenvalue weighted by molar-refractivity contribution is -0.418. The third kappa shape index (κ3) is 3.26. The number of rotatable bonds is 1. The molecule has 0 unspecified atom stereocenters. The molecule has 0 aromatic heterocycles. The molecule has 4 heteroatoms. The Morgan fingerprint density at radius 2 is 2.06 bits per heavy atom. The van der Waals surface area contributed by atoms with Gasteiger partial charge in [-0.3, -0.25) is 0 Å². The highest BCUT2D eigenvalue weighted by atomic mass is 127. The van der Waals surface area contributed by atoms with Crippen LogP contribution in [0.5, 0.6) is 0 Å². The second-order valence-electron chi connectivity index (χ2n) is 3.24. The normalized spacial score (nSPS) is 13.6. The van der Waals surface area contributed by atoms with Crippen LogP contribution >= 0.6 is 22.6 Å². The Morgan fingerprint density at radius 1 is 1.31 bits per heavy atom. The molecule has 82 valence electrons. The van der Waals surface area contributed by atoms with Crippen molar-refractivity contribution < 1.29 is 33.5 Å². The molecule has 2 rings (SSSR count). The summed E-state index contributed by atoms with van der Waals surface area (Å²) in [5.74, 6) is 3.05. The van der Waals surface area contributed by atoms with Crippen molar-refractivity contribution in [3.8, 4) is 0 Å². The molecule has 0 atom stereocenters. The summed E-state index contributed by atoms with van der Waals surface area (Å²) in [4.78, 5) is 3.22. The molecule has 0 aliphatic carbocycles. The van der Waals surface area contributed by atoms with Crippen molar-refractivity contribution >= 4 is 34.2 Å². The summed E-state index contributed by atoms with van der Waals surface area (Å²) in [7, 11) is 1.95. The van der Waals surface area contributed by atoms with Crippen LogP contribution in [0.15, 0.2) is 42.7 Å². The highest BCUT2D eigenvalue weighted by Gasteiger charge is 2.11. The van der Waals surface area contributed by atoms with Crippen LogP contribution in [0, 0.1) is 3.57 Å². The molecule has 0 spiro atoms. The van der Waals surface area contributed by atoms with E-state index >= 15 is 0 Å². The van der Waals surface area contributed by atoms with Gasteiger partial charge in [0.1, 0.15) is 7.05 Å². The molecule has 0 radical (unpaired) electrons. The fourth-order valence-corrected chi connectivity index (χ4v) is 2.01. The number of nitrogens with zero attached hydrogens (tertiary/aromatic N) is 1. The van der Waals surface area contributed by atoms with Crippen LogP contribution in [0.1, 0.15) is 5.56 Å². The molecular formula is C12H11I2N2+. The van der Waals surface area contributed by atoms with Crippen LogP contribution in [0.4, 0.5) is 0 Å². The molecule has 1 aliphatic rings. The minimum absolute atomic E-state index is 0. The molecule has 16 heavy (non-hydrogen) atoms. The van der Waals surface area contributed by atoms with Gasteiger partial charge in [0.05, 0.1) is 11.6 Å². The fourth-order valence-electron chi connectivity index (χ4n) is 1.34. The summed E-state index contributed by atoms with van der Waals surface area (Å²) in [6.45, 7) is 0. The van der Waals surface area contributed by atoms with E-state index in [2.05, 4.69) is 45.6 Å². The quantitative estimate of drug-likeness (QED) is 0.371. The highest BCUT2D eigenvalue weighted by molar-refractivity contribution is 14.1. The molecule has 0 saturated heterocycles. The van der Waals surface area contributed by atoms with Gasteiger partial charge in [-0.25, -0.2) is 0 Å². The maximum absolute atomic E-state index is 3.22. The van der Waals surface area contributed by atoms with Crippen LogP contribution in [0.3, 0.4) is 0 Å². The first-order chi connectivity index (χ1) is 7.27. The first-order valence-electron chi connectivity index (χ1n) is 4.64. The lowest BCUT2D eigenvalue weighted by Crippen LogP contribution is -3.00. The van der Waals surface area contributed by atoms with E-state index in [-0.39, 0.29) is 24.0 Å². The standard InChI is InChI=1S/C12H10IN2.HI/c1-15-8-6-12(14-7-9-15)10-4-2-3-5-11(10)13;/h2-8H,1H3;1H/q+1;. The van der Waals surface area contributed by atoms with Crippen LogP contribution in [-0.2, 0) is 0 Å². The lowest BCUT2D eigenvalue weighted by Gasteiger charge is -1.97. The number of nitrogens with one attached hydrogen (secondary N) is 1. The van der Waals surface area contributed by atoms with Crippen LogP contribution < -0.4 is 29.0 Å². The van der Waals surface area contributed by atoms with E-state index in [1.807, 2.05) is 42.2 Å². The Labute approximate surface area is 126 Å². The molecule has 0 saturated carbocycles. The summed E-state index contributed by atoms with van der Waals surface area (Å²) in [6.07, 6.45) is 5.85. The molecule has 0 bridgehead atoms. The average Bonchev–Trinajstić information content (AvgIpc) is 2.44. The van der Waals surface area contributed by atoms with Crippen LogP contribution in [0.2, 0.25) is 0 Å². The van der Waals surface area contributed by atoms with E-state index in [1.165, 1.54) is 9.13 Å². The van der Waals surface area contributed by atoms with Gasteiger partial charge in [0.25, 0.3) is 6.20 Å². The van der Waals surface area contributed by atoms with E-state index in [0.717, 1.165) is 5.71 Å². The maximum atomic E-state index is 3.22. The van der Waals surface area contributed by atoms with Gasteiger partial charge in [-0.2, -0.15) is 9.57 Å². The van der Waals surface area contributed by atoms with Crippen molar-refractivity contribution in [3.05, 3.63) is 51.9 Å². The molecule has 1 aromatic carbocycles. The summed E-state index contributed by atoms with van der Waals surface area (Å²) in [5.41, 5.74) is 2.31. The minimum Gasteiger partial charge on any atom is -1.00 e. The van der Waals surface area contributed by atoms with Gasteiger partial charge in [-0.1, -0.05) is 12.1 Å². The zero-order valence-electron chi connectivity index (χ0n) is 8.74. The average molecular weight is 437 g/mol. The topological polar surface area (TPSA) is 17.0 Å². The predicted molar refractivity (Wildman–Crippen MR) is 69.1 cm³/mol. The molecular weight excluding hydrogens is 426 g/mol. The van der Waals surface area contributed by atoms with Gasteiger partial charge in [0.15, 0.2) is 6.20 Å². The second kappa shape index (κ2) is 6.32. The number of hydrogen-bond donors (Lipinski definition) is 1. The molecule has 1 aliphatic heterocycles. The van der Waals surface area contributed by atoms with Crippen LogP contribution in [-0.4, -0.2) is 23.2 Å². The number of benzene rings is 1. The number of hydrogen-bond acceptors (Lipinski definition) is 0. The van der Waals surface area contributed by atoms with E-state index in [1.54, 1.807) is 0 Å². The Hall–Kier alpha value is -0.460. The molecule has 1 aromatic rings.